The van der Waals surface area contributed by atoms with Gasteiger partial charge in [0.2, 0.25) is 0 Å². The summed E-state index contributed by atoms with van der Waals surface area (Å²) in [6.45, 7) is 0. The average molecular weight is 165 g/mol. The van der Waals surface area contributed by atoms with E-state index in [1.807, 2.05) is 6.07 Å². The second-order valence-electron chi connectivity index (χ2n) is 2.48. The van der Waals surface area contributed by atoms with Crippen molar-refractivity contribution in [1.82, 2.24) is 10.2 Å². The van der Waals surface area contributed by atoms with Crippen molar-refractivity contribution in [2.24, 2.45) is 0 Å². The lowest BCUT2D eigenvalue weighted by Crippen LogP contribution is -1.87. The molecule has 0 amide bonds. The standard InChI is InChI=1S/C8H8FN3/c1-10-8-5-3-2-4-6(9)7(5)11-12-8/h2-4H,1H3,(H2,10,11,12). The molecule has 0 unspecified atom stereocenters. The molecule has 2 aromatic rings. The maximum absolute atomic E-state index is 13.0. The second kappa shape index (κ2) is 2.48. The predicted molar refractivity (Wildman–Crippen MR) is 45.6 cm³/mol. The Labute approximate surface area is 68.6 Å². The van der Waals surface area contributed by atoms with Gasteiger partial charge in [0.05, 0.1) is 0 Å². The number of rotatable bonds is 1. The molecule has 2 N–H and O–H groups in total. The Hall–Kier alpha value is -1.58. The Balaban J connectivity index is 2.80. The molecule has 0 aliphatic carbocycles. The molecule has 62 valence electrons. The van der Waals surface area contributed by atoms with Gasteiger partial charge < -0.3 is 5.32 Å². The molecule has 3 nitrogen and oxygen atoms in total. The van der Waals surface area contributed by atoms with Crippen LogP contribution in [0.3, 0.4) is 0 Å². The van der Waals surface area contributed by atoms with Crippen molar-refractivity contribution in [2.45, 2.75) is 0 Å². The minimum atomic E-state index is -0.276. The van der Waals surface area contributed by atoms with Crippen molar-refractivity contribution in [1.29, 1.82) is 0 Å². The van der Waals surface area contributed by atoms with Gasteiger partial charge in [0.25, 0.3) is 0 Å². The van der Waals surface area contributed by atoms with Crippen LogP contribution in [0.2, 0.25) is 0 Å². The first-order valence-electron chi connectivity index (χ1n) is 3.63. The minimum absolute atomic E-state index is 0.276. The van der Waals surface area contributed by atoms with E-state index in [1.165, 1.54) is 6.07 Å². The highest BCUT2D eigenvalue weighted by atomic mass is 19.1. The van der Waals surface area contributed by atoms with Crippen LogP contribution in [0.15, 0.2) is 18.2 Å². The van der Waals surface area contributed by atoms with Gasteiger partial charge in [-0.05, 0) is 12.1 Å². The number of fused-ring (bicyclic) bond motifs is 1. The molecule has 1 aromatic heterocycles. The molecular formula is C8H8FN3. The third-order valence-electron chi connectivity index (χ3n) is 1.79. The molecule has 0 fully saturated rings. The van der Waals surface area contributed by atoms with Crippen LogP contribution in [-0.2, 0) is 0 Å². The van der Waals surface area contributed by atoms with Gasteiger partial charge >= 0.3 is 0 Å². The number of benzene rings is 1. The molecule has 4 heteroatoms. The maximum Gasteiger partial charge on any atom is 0.155 e. The minimum Gasteiger partial charge on any atom is -0.371 e. The molecule has 0 atom stereocenters. The zero-order valence-electron chi connectivity index (χ0n) is 6.56. The number of hydrogen-bond acceptors (Lipinski definition) is 2. The number of H-pyrrole nitrogens is 1. The van der Waals surface area contributed by atoms with E-state index < -0.39 is 0 Å². The van der Waals surface area contributed by atoms with Gasteiger partial charge in [-0.1, -0.05) is 6.07 Å². The van der Waals surface area contributed by atoms with Crippen molar-refractivity contribution in [3.63, 3.8) is 0 Å². The fraction of sp³-hybridized carbons (Fsp3) is 0.125. The SMILES string of the molecule is CNc1n[nH]c2c(F)cccc12. The quantitative estimate of drug-likeness (QED) is 0.675. The molecule has 0 aliphatic rings. The molecule has 0 spiro atoms. The van der Waals surface area contributed by atoms with Gasteiger partial charge in [-0.25, -0.2) is 4.39 Å². The molecular weight excluding hydrogens is 157 g/mol. The third-order valence-corrected chi connectivity index (χ3v) is 1.79. The van der Waals surface area contributed by atoms with E-state index in [0.29, 0.717) is 11.3 Å². The van der Waals surface area contributed by atoms with Crippen molar-refractivity contribution in [3.8, 4) is 0 Å². The van der Waals surface area contributed by atoms with E-state index in [1.54, 1.807) is 13.1 Å². The summed E-state index contributed by atoms with van der Waals surface area (Å²) in [6, 6.07) is 4.88. The number of hydrogen-bond donors (Lipinski definition) is 2. The first kappa shape index (κ1) is 7.09. The van der Waals surface area contributed by atoms with E-state index in [0.717, 1.165) is 5.39 Å². The van der Waals surface area contributed by atoms with Crippen molar-refractivity contribution >= 4 is 16.7 Å². The Morgan fingerprint density at radius 3 is 3.08 bits per heavy atom. The Morgan fingerprint density at radius 1 is 1.50 bits per heavy atom. The molecule has 1 heterocycles. The molecule has 0 aliphatic heterocycles. The zero-order valence-corrected chi connectivity index (χ0v) is 6.56. The molecule has 0 bridgehead atoms. The lowest BCUT2D eigenvalue weighted by molar-refractivity contribution is 0.636. The van der Waals surface area contributed by atoms with Crippen molar-refractivity contribution in [2.75, 3.05) is 12.4 Å². The Morgan fingerprint density at radius 2 is 2.33 bits per heavy atom. The summed E-state index contributed by atoms with van der Waals surface area (Å²) in [7, 11) is 1.75. The van der Waals surface area contributed by atoms with Crippen LogP contribution in [-0.4, -0.2) is 17.2 Å². The number of aromatic amines is 1. The summed E-state index contributed by atoms with van der Waals surface area (Å²) in [5.41, 5.74) is 0.446. The summed E-state index contributed by atoms with van der Waals surface area (Å²) in [5.74, 6) is 0.394. The van der Waals surface area contributed by atoms with Crippen LogP contribution in [0.25, 0.3) is 10.9 Å². The van der Waals surface area contributed by atoms with E-state index in [-0.39, 0.29) is 5.82 Å². The zero-order chi connectivity index (χ0) is 8.55. The average Bonchev–Trinajstić information content (AvgIpc) is 2.49. The number of para-hydroxylation sites is 1. The fourth-order valence-electron chi connectivity index (χ4n) is 1.20. The topological polar surface area (TPSA) is 40.7 Å². The van der Waals surface area contributed by atoms with E-state index in [2.05, 4.69) is 15.5 Å². The highest BCUT2D eigenvalue weighted by molar-refractivity contribution is 5.89. The van der Waals surface area contributed by atoms with Crippen molar-refractivity contribution in [3.05, 3.63) is 24.0 Å². The van der Waals surface area contributed by atoms with Crippen LogP contribution >= 0.6 is 0 Å². The van der Waals surface area contributed by atoms with Gasteiger partial charge in [-0.2, -0.15) is 5.10 Å². The number of nitrogens with zero attached hydrogens (tertiary/aromatic N) is 1. The summed E-state index contributed by atoms with van der Waals surface area (Å²) in [4.78, 5) is 0. The van der Waals surface area contributed by atoms with Gasteiger partial charge in [-0.15, -0.1) is 0 Å². The second-order valence-corrected chi connectivity index (χ2v) is 2.48. The number of nitrogens with one attached hydrogen (secondary N) is 2. The lowest BCUT2D eigenvalue weighted by atomic mass is 10.2. The van der Waals surface area contributed by atoms with E-state index in [9.17, 15) is 4.39 Å². The monoisotopic (exact) mass is 165 g/mol. The van der Waals surface area contributed by atoms with E-state index >= 15 is 0 Å². The Bertz CT molecular complexity index is 408. The number of halogens is 1. The van der Waals surface area contributed by atoms with Crippen molar-refractivity contribution < 1.29 is 4.39 Å². The van der Waals surface area contributed by atoms with Gasteiger partial charge in [0.1, 0.15) is 11.3 Å². The van der Waals surface area contributed by atoms with Crippen LogP contribution in [0.5, 0.6) is 0 Å². The largest absolute Gasteiger partial charge is 0.371 e. The molecule has 2 rings (SSSR count). The van der Waals surface area contributed by atoms with Gasteiger partial charge in [0, 0.05) is 12.4 Å². The molecule has 0 saturated heterocycles. The number of aromatic nitrogens is 2. The van der Waals surface area contributed by atoms with Crippen LogP contribution < -0.4 is 5.32 Å². The fourth-order valence-corrected chi connectivity index (χ4v) is 1.20. The van der Waals surface area contributed by atoms with Crippen LogP contribution in [0.4, 0.5) is 10.2 Å². The highest BCUT2D eigenvalue weighted by Crippen LogP contribution is 2.21. The van der Waals surface area contributed by atoms with Gasteiger partial charge in [-0.3, -0.25) is 5.10 Å². The highest BCUT2D eigenvalue weighted by Gasteiger charge is 2.06. The van der Waals surface area contributed by atoms with Crippen LogP contribution in [0, 0.1) is 5.82 Å². The predicted octanol–water partition coefficient (Wildman–Crippen LogP) is 1.74. The first-order valence-corrected chi connectivity index (χ1v) is 3.63. The first-order chi connectivity index (χ1) is 5.83. The molecule has 1 aromatic carbocycles. The number of anilines is 1. The third kappa shape index (κ3) is 0.845. The summed E-state index contributed by atoms with van der Waals surface area (Å²) in [5, 5.41) is 10.2. The maximum atomic E-state index is 13.0. The lowest BCUT2D eigenvalue weighted by Gasteiger charge is -1.93. The Kier molecular flexibility index (Phi) is 1.46. The summed E-state index contributed by atoms with van der Waals surface area (Å²) in [6.07, 6.45) is 0. The van der Waals surface area contributed by atoms with Crippen LogP contribution in [0.1, 0.15) is 0 Å². The van der Waals surface area contributed by atoms with Gasteiger partial charge in [0.15, 0.2) is 5.82 Å². The molecule has 12 heavy (non-hydrogen) atoms. The molecule has 0 radical (unpaired) electrons. The molecule has 0 saturated carbocycles. The normalized spacial score (nSPS) is 10.5. The van der Waals surface area contributed by atoms with E-state index in [4.69, 9.17) is 0 Å². The summed E-state index contributed by atoms with van der Waals surface area (Å²) >= 11 is 0. The summed E-state index contributed by atoms with van der Waals surface area (Å²) < 4.78 is 13.0. The smallest absolute Gasteiger partial charge is 0.155 e.